The molecule has 3 aromatic carbocycles. The molecule has 1 amide bonds. The number of carbonyl (C=O) groups is 1. The van der Waals surface area contributed by atoms with Gasteiger partial charge >= 0.3 is 0 Å². The molecule has 0 fully saturated rings. The van der Waals surface area contributed by atoms with E-state index in [1.54, 1.807) is 45.6 Å². The van der Waals surface area contributed by atoms with Crippen LogP contribution >= 0.6 is 11.6 Å². The molecule has 4 rings (SSSR count). The Bertz CT molecular complexity index is 1180. The second-order valence-electron chi connectivity index (χ2n) is 8.69. The Morgan fingerprint density at radius 2 is 1.74 bits per heavy atom. The number of ether oxygens (including phenoxy) is 3. The Kier molecular flexibility index (Phi) is 7.83. The zero-order valence-electron chi connectivity index (χ0n) is 20.5. The Hall–Kier alpha value is -3.22. The first-order valence-corrected chi connectivity index (χ1v) is 12.0. The average molecular weight is 495 g/mol. The van der Waals surface area contributed by atoms with E-state index in [1.807, 2.05) is 25.1 Å². The van der Waals surface area contributed by atoms with E-state index in [1.165, 1.54) is 11.1 Å². The van der Waals surface area contributed by atoms with Crippen molar-refractivity contribution in [3.63, 3.8) is 0 Å². The monoisotopic (exact) mass is 494 g/mol. The first kappa shape index (κ1) is 24.9. The van der Waals surface area contributed by atoms with Crippen LogP contribution in [0.5, 0.6) is 17.2 Å². The highest BCUT2D eigenvalue weighted by Gasteiger charge is 2.34. The maximum absolute atomic E-state index is 13.1. The van der Waals surface area contributed by atoms with Crippen LogP contribution in [0.2, 0.25) is 5.02 Å². The number of nitrogens with one attached hydrogen (secondary N) is 1. The van der Waals surface area contributed by atoms with Crippen LogP contribution in [0, 0.1) is 0 Å². The van der Waals surface area contributed by atoms with Gasteiger partial charge in [0.1, 0.15) is 5.75 Å². The summed E-state index contributed by atoms with van der Waals surface area (Å²) in [6.07, 6.45) is 0.872. The molecule has 1 N–H and O–H groups in total. The van der Waals surface area contributed by atoms with Gasteiger partial charge < -0.3 is 19.5 Å². The lowest BCUT2D eigenvalue weighted by atomic mass is 9.87. The van der Waals surface area contributed by atoms with Crippen LogP contribution in [-0.2, 0) is 13.0 Å². The lowest BCUT2D eigenvalue weighted by Crippen LogP contribution is -2.47. The molecule has 2 unspecified atom stereocenters. The maximum atomic E-state index is 13.1. The van der Waals surface area contributed by atoms with Crippen LogP contribution in [-0.4, -0.2) is 44.7 Å². The predicted octanol–water partition coefficient (Wildman–Crippen LogP) is 5.28. The number of methoxy groups -OCH3 is 3. The Morgan fingerprint density at radius 3 is 2.40 bits per heavy atom. The standard InChI is InChI=1S/C28H31ClN2O4/c1-18(30-28(32)21-6-5-7-22(29)14-21)27-24-16-26(35-4)25(34-3)15-20(24)12-13-31(27)17-19-8-10-23(33-2)11-9-19/h5-11,14-16,18,27H,12-13,17H2,1-4H3,(H,30,32). The second-order valence-corrected chi connectivity index (χ2v) is 9.13. The first-order chi connectivity index (χ1) is 16.9. The van der Waals surface area contributed by atoms with Crippen molar-refractivity contribution in [3.05, 3.63) is 87.9 Å². The predicted molar refractivity (Wildman–Crippen MR) is 138 cm³/mol. The first-order valence-electron chi connectivity index (χ1n) is 11.6. The Balaban J connectivity index is 1.67. The molecule has 0 radical (unpaired) electrons. The van der Waals surface area contributed by atoms with Crippen LogP contribution in [0.15, 0.2) is 60.7 Å². The summed E-state index contributed by atoms with van der Waals surface area (Å²) in [7, 11) is 4.95. The molecule has 35 heavy (non-hydrogen) atoms. The molecule has 0 aromatic heterocycles. The molecule has 6 nitrogen and oxygen atoms in total. The number of benzene rings is 3. The van der Waals surface area contributed by atoms with E-state index in [0.29, 0.717) is 22.1 Å². The summed E-state index contributed by atoms with van der Waals surface area (Å²) in [4.78, 5) is 15.5. The number of hydrogen-bond acceptors (Lipinski definition) is 5. The van der Waals surface area contributed by atoms with Gasteiger partial charge in [-0.2, -0.15) is 0 Å². The van der Waals surface area contributed by atoms with E-state index in [0.717, 1.165) is 30.8 Å². The van der Waals surface area contributed by atoms with Gasteiger partial charge in [-0.15, -0.1) is 0 Å². The summed E-state index contributed by atoms with van der Waals surface area (Å²) in [5.41, 5.74) is 4.03. The highest BCUT2D eigenvalue weighted by atomic mass is 35.5. The number of amides is 1. The molecule has 0 saturated carbocycles. The van der Waals surface area contributed by atoms with E-state index < -0.39 is 0 Å². The minimum Gasteiger partial charge on any atom is -0.497 e. The van der Waals surface area contributed by atoms with Gasteiger partial charge in [-0.05, 0) is 72.5 Å². The molecule has 2 atom stereocenters. The van der Waals surface area contributed by atoms with Crippen LogP contribution < -0.4 is 19.5 Å². The largest absolute Gasteiger partial charge is 0.497 e. The van der Waals surface area contributed by atoms with Gasteiger partial charge in [0.25, 0.3) is 5.91 Å². The summed E-state index contributed by atoms with van der Waals surface area (Å²) in [5.74, 6) is 2.06. The average Bonchev–Trinajstić information content (AvgIpc) is 2.88. The number of fused-ring (bicyclic) bond motifs is 1. The quantitative estimate of drug-likeness (QED) is 0.461. The highest BCUT2D eigenvalue weighted by molar-refractivity contribution is 6.30. The Morgan fingerprint density at radius 1 is 1.03 bits per heavy atom. The molecular formula is C28H31ClN2O4. The van der Waals surface area contributed by atoms with Crippen LogP contribution in [0.1, 0.15) is 40.0 Å². The van der Waals surface area contributed by atoms with Crippen molar-refractivity contribution in [3.8, 4) is 17.2 Å². The highest BCUT2D eigenvalue weighted by Crippen LogP contribution is 2.40. The van der Waals surface area contributed by atoms with Gasteiger partial charge in [0.2, 0.25) is 0 Å². The van der Waals surface area contributed by atoms with Crippen molar-refractivity contribution in [2.45, 2.75) is 32.0 Å². The SMILES string of the molecule is COc1ccc(CN2CCc3cc(OC)c(OC)cc3C2C(C)NC(=O)c2cccc(Cl)c2)cc1. The molecule has 1 aliphatic heterocycles. The molecule has 0 aliphatic carbocycles. The zero-order valence-corrected chi connectivity index (χ0v) is 21.3. The van der Waals surface area contributed by atoms with Gasteiger partial charge in [-0.3, -0.25) is 9.69 Å². The van der Waals surface area contributed by atoms with E-state index >= 15 is 0 Å². The fourth-order valence-electron chi connectivity index (χ4n) is 4.76. The normalized spacial score (nSPS) is 16.2. The van der Waals surface area contributed by atoms with Gasteiger partial charge in [-0.25, -0.2) is 0 Å². The second kappa shape index (κ2) is 11.0. The van der Waals surface area contributed by atoms with Crippen molar-refractivity contribution < 1.29 is 19.0 Å². The fraction of sp³-hybridized carbons (Fsp3) is 0.321. The molecule has 0 bridgehead atoms. The lowest BCUT2D eigenvalue weighted by Gasteiger charge is -2.41. The van der Waals surface area contributed by atoms with E-state index in [4.69, 9.17) is 25.8 Å². The van der Waals surface area contributed by atoms with Crippen LogP contribution in [0.25, 0.3) is 0 Å². The molecular weight excluding hydrogens is 464 g/mol. The van der Waals surface area contributed by atoms with Crippen LogP contribution in [0.4, 0.5) is 0 Å². The summed E-state index contributed by atoms with van der Waals surface area (Å²) >= 11 is 6.12. The summed E-state index contributed by atoms with van der Waals surface area (Å²) in [6, 6.07) is 18.9. The minimum absolute atomic E-state index is 0.0659. The lowest BCUT2D eigenvalue weighted by molar-refractivity contribution is 0.0877. The molecule has 0 saturated heterocycles. The molecule has 184 valence electrons. The molecule has 1 aliphatic rings. The number of nitrogens with zero attached hydrogens (tertiary/aromatic N) is 1. The molecule has 1 heterocycles. The van der Waals surface area contributed by atoms with Gasteiger partial charge in [0, 0.05) is 29.7 Å². The third-order valence-corrected chi connectivity index (χ3v) is 6.72. The number of hydrogen-bond donors (Lipinski definition) is 1. The van der Waals surface area contributed by atoms with E-state index in [-0.39, 0.29) is 18.0 Å². The van der Waals surface area contributed by atoms with Gasteiger partial charge in [0.15, 0.2) is 11.5 Å². The van der Waals surface area contributed by atoms with Gasteiger partial charge in [-0.1, -0.05) is 29.8 Å². The number of carbonyl (C=O) groups excluding carboxylic acids is 1. The molecule has 0 spiro atoms. The van der Waals surface area contributed by atoms with Gasteiger partial charge in [0.05, 0.1) is 27.4 Å². The summed E-state index contributed by atoms with van der Waals surface area (Å²) < 4.78 is 16.5. The topological polar surface area (TPSA) is 60.0 Å². The Labute approximate surface area is 211 Å². The van der Waals surface area contributed by atoms with Crippen molar-refractivity contribution in [1.29, 1.82) is 0 Å². The maximum Gasteiger partial charge on any atom is 0.251 e. The van der Waals surface area contributed by atoms with Crippen molar-refractivity contribution in [1.82, 2.24) is 10.2 Å². The summed E-state index contributed by atoms with van der Waals surface area (Å²) in [6.45, 7) is 3.62. The molecule has 3 aromatic rings. The number of halogens is 1. The van der Waals surface area contributed by atoms with Crippen LogP contribution in [0.3, 0.4) is 0 Å². The third kappa shape index (κ3) is 5.55. The van der Waals surface area contributed by atoms with Crippen molar-refractivity contribution >= 4 is 17.5 Å². The van der Waals surface area contributed by atoms with E-state index in [9.17, 15) is 4.79 Å². The fourth-order valence-corrected chi connectivity index (χ4v) is 4.95. The smallest absolute Gasteiger partial charge is 0.251 e. The zero-order chi connectivity index (χ0) is 24.9. The minimum atomic E-state index is -0.183. The number of rotatable bonds is 8. The molecule has 7 heteroatoms. The third-order valence-electron chi connectivity index (χ3n) is 6.49. The van der Waals surface area contributed by atoms with E-state index in [2.05, 4.69) is 28.4 Å². The van der Waals surface area contributed by atoms with Crippen molar-refractivity contribution in [2.24, 2.45) is 0 Å². The van der Waals surface area contributed by atoms with Crippen molar-refractivity contribution in [2.75, 3.05) is 27.9 Å². The summed E-state index contributed by atoms with van der Waals surface area (Å²) in [5, 5.41) is 3.74.